The van der Waals surface area contributed by atoms with E-state index in [1.807, 2.05) is 24.3 Å². The van der Waals surface area contributed by atoms with Gasteiger partial charge >= 0.3 is 0 Å². The van der Waals surface area contributed by atoms with Gasteiger partial charge in [-0.2, -0.15) is 0 Å². The first-order valence-electron chi connectivity index (χ1n) is 3.77. The van der Waals surface area contributed by atoms with Crippen molar-refractivity contribution in [2.75, 3.05) is 13.7 Å². The third kappa shape index (κ3) is 1.97. The topological polar surface area (TPSA) is 35.2 Å². The van der Waals surface area contributed by atoms with Crippen LogP contribution in [0.1, 0.15) is 11.7 Å². The largest absolute Gasteiger partial charge is 0.375 e. The number of hydrogen-bond acceptors (Lipinski definition) is 2. The van der Waals surface area contributed by atoms with E-state index >= 15 is 0 Å². The summed E-state index contributed by atoms with van der Waals surface area (Å²) in [7, 11) is 1.63. The van der Waals surface area contributed by atoms with E-state index in [-0.39, 0.29) is 6.10 Å². The van der Waals surface area contributed by atoms with Crippen molar-refractivity contribution in [2.45, 2.75) is 6.10 Å². The summed E-state index contributed by atoms with van der Waals surface area (Å²) in [6.45, 7) is 0.445. The van der Waals surface area contributed by atoms with Gasteiger partial charge in [-0.05, 0) is 6.07 Å². The lowest BCUT2D eigenvalue weighted by Crippen LogP contribution is -2.14. The summed E-state index contributed by atoms with van der Waals surface area (Å²) >= 11 is 5.94. The molecule has 1 atom stereocenters. The average Bonchev–Trinajstić information content (AvgIpc) is 2.10. The maximum Gasteiger partial charge on any atom is 0.0957 e. The Hall–Kier alpha value is -0.570. The molecular weight excluding hydrogens is 174 g/mol. The maximum atomic E-state index is 5.94. The molecule has 0 bridgehead atoms. The predicted octanol–water partition coefficient (Wildman–Crippen LogP) is 1.99. The predicted molar refractivity (Wildman–Crippen MR) is 50.3 cm³/mol. The normalized spacial score (nSPS) is 12.9. The molecule has 0 aliphatic heterocycles. The fourth-order valence-electron chi connectivity index (χ4n) is 1.09. The summed E-state index contributed by atoms with van der Waals surface area (Å²) in [5.41, 5.74) is 6.45. The Kier molecular flexibility index (Phi) is 3.53. The van der Waals surface area contributed by atoms with Crippen LogP contribution in [0.2, 0.25) is 5.02 Å². The van der Waals surface area contributed by atoms with Crippen molar-refractivity contribution in [1.82, 2.24) is 0 Å². The third-order valence-corrected chi connectivity index (χ3v) is 2.09. The summed E-state index contributed by atoms with van der Waals surface area (Å²) in [4.78, 5) is 0. The second kappa shape index (κ2) is 4.45. The van der Waals surface area contributed by atoms with Gasteiger partial charge in [0, 0.05) is 24.2 Å². The van der Waals surface area contributed by atoms with Crippen molar-refractivity contribution in [2.24, 2.45) is 5.73 Å². The van der Waals surface area contributed by atoms with E-state index in [9.17, 15) is 0 Å². The lowest BCUT2D eigenvalue weighted by atomic mass is 10.1. The Bertz CT molecular complexity index is 248. The second-order valence-corrected chi connectivity index (χ2v) is 2.89. The highest BCUT2D eigenvalue weighted by molar-refractivity contribution is 6.31. The molecule has 0 saturated heterocycles. The second-order valence-electron chi connectivity index (χ2n) is 2.48. The molecular formula is C9H12ClNO. The van der Waals surface area contributed by atoms with E-state index in [1.54, 1.807) is 7.11 Å². The van der Waals surface area contributed by atoms with Crippen LogP contribution in [0.4, 0.5) is 0 Å². The van der Waals surface area contributed by atoms with Crippen molar-refractivity contribution in [3.05, 3.63) is 34.9 Å². The molecule has 0 heterocycles. The van der Waals surface area contributed by atoms with E-state index in [0.29, 0.717) is 11.6 Å². The zero-order valence-corrected chi connectivity index (χ0v) is 7.71. The Labute approximate surface area is 77.3 Å². The van der Waals surface area contributed by atoms with Crippen LogP contribution in [-0.4, -0.2) is 13.7 Å². The minimum absolute atomic E-state index is 0.0984. The van der Waals surface area contributed by atoms with Gasteiger partial charge in [0.1, 0.15) is 0 Å². The van der Waals surface area contributed by atoms with Crippen LogP contribution in [0, 0.1) is 0 Å². The van der Waals surface area contributed by atoms with E-state index in [0.717, 1.165) is 5.56 Å². The molecule has 1 aromatic carbocycles. The highest BCUT2D eigenvalue weighted by atomic mass is 35.5. The van der Waals surface area contributed by atoms with Gasteiger partial charge in [0.15, 0.2) is 0 Å². The van der Waals surface area contributed by atoms with Crippen LogP contribution in [0.15, 0.2) is 24.3 Å². The number of benzene rings is 1. The molecule has 0 aromatic heterocycles. The minimum atomic E-state index is -0.0984. The van der Waals surface area contributed by atoms with Gasteiger partial charge in [-0.1, -0.05) is 29.8 Å². The number of hydrogen-bond donors (Lipinski definition) is 1. The van der Waals surface area contributed by atoms with Crippen molar-refractivity contribution in [1.29, 1.82) is 0 Å². The van der Waals surface area contributed by atoms with Crippen LogP contribution in [0.3, 0.4) is 0 Å². The standard InChI is InChI=1S/C9H12ClNO/c1-12-9(6-11)7-4-2-3-5-8(7)10/h2-5,9H,6,11H2,1H3. The quantitative estimate of drug-likeness (QED) is 0.782. The lowest BCUT2D eigenvalue weighted by Gasteiger charge is -2.14. The third-order valence-electron chi connectivity index (χ3n) is 1.75. The number of ether oxygens (including phenoxy) is 1. The Balaban J connectivity index is 2.92. The summed E-state index contributed by atoms with van der Waals surface area (Å²) in [5, 5.41) is 0.704. The van der Waals surface area contributed by atoms with Gasteiger partial charge in [-0.3, -0.25) is 0 Å². The zero-order valence-electron chi connectivity index (χ0n) is 6.96. The maximum absolute atomic E-state index is 5.94. The number of rotatable bonds is 3. The fraction of sp³-hybridized carbons (Fsp3) is 0.333. The van der Waals surface area contributed by atoms with Crippen LogP contribution >= 0.6 is 11.6 Å². The average molecular weight is 186 g/mol. The molecule has 0 aliphatic rings. The molecule has 3 heteroatoms. The van der Waals surface area contributed by atoms with E-state index < -0.39 is 0 Å². The van der Waals surface area contributed by atoms with Gasteiger partial charge in [0.2, 0.25) is 0 Å². The number of halogens is 1. The molecule has 66 valence electrons. The molecule has 1 unspecified atom stereocenters. The molecule has 1 aromatic rings. The van der Waals surface area contributed by atoms with Crippen molar-refractivity contribution >= 4 is 11.6 Å². The number of methoxy groups -OCH3 is 1. The molecule has 1 rings (SSSR count). The highest BCUT2D eigenvalue weighted by Gasteiger charge is 2.10. The van der Waals surface area contributed by atoms with Crippen molar-refractivity contribution in [3.8, 4) is 0 Å². The highest BCUT2D eigenvalue weighted by Crippen LogP contribution is 2.23. The van der Waals surface area contributed by atoms with Crippen LogP contribution in [0.5, 0.6) is 0 Å². The Morgan fingerprint density at radius 3 is 2.67 bits per heavy atom. The van der Waals surface area contributed by atoms with Crippen LogP contribution in [0.25, 0.3) is 0 Å². The molecule has 0 fully saturated rings. The van der Waals surface area contributed by atoms with Gasteiger partial charge < -0.3 is 10.5 Å². The monoisotopic (exact) mass is 185 g/mol. The van der Waals surface area contributed by atoms with Crippen molar-refractivity contribution in [3.63, 3.8) is 0 Å². The van der Waals surface area contributed by atoms with Gasteiger partial charge in [-0.15, -0.1) is 0 Å². The Morgan fingerprint density at radius 2 is 2.17 bits per heavy atom. The van der Waals surface area contributed by atoms with Crippen LogP contribution < -0.4 is 5.73 Å². The summed E-state index contributed by atoms with van der Waals surface area (Å²) in [5.74, 6) is 0. The fourth-order valence-corrected chi connectivity index (χ4v) is 1.34. The molecule has 2 N–H and O–H groups in total. The zero-order chi connectivity index (χ0) is 8.97. The summed E-state index contributed by atoms with van der Waals surface area (Å²) in [6, 6.07) is 7.56. The number of nitrogens with two attached hydrogens (primary N) is 1. The first kappa shape index (κ1) is 9.52. The smallest absolute Gasteiger partial charge is 0.0957 e. The van der Waals surface area contributed by atoms with E-state index in [4.69, 9.17) is 22.1 Å². The summed E-state index contributed by atoms with van der Waals surface area (Å²) < 4.78 is 5.16. The first-order valence-corrected chi connectivity index (χ1v) is 4.14. The molecule has 0 radical (unpaired) electrons. The lowest BCUT2D eigenvalue weighted by molar-refractivity contribution is 0.110. The SMILES string of the molecule is COC(CN)c1ccccc1Cl. The minimum Gasteiger partial charge on any atom is -0.375 e. The van der Waals surface area contributed by atoms with Crippen molar-refractivity contribution < 1.29 is 4.74 Å². The van der Waals surface area contributed by atoms with E-state index in [1.165, 1.54) is 0 Å². The van der Waals surface area contributed by atoms with Gasteiger partial charge in [0.05, 0.1) is 6.10 Å². The van der Waals surface area contributed by atoms with Gasteiger partial charge in [-0.25, -0.2) is 0 Å². The molecule has 12 heavy (non-hydrogen) atoms. The van der Waals surface area contributed by atoms with Gasteiger partial charge in [0.25, 0.3) is 0 Å². The van der Waals surface area contributed by atoms with E-state index in [2.05, 4.69) is 0 Å². The molecule has 0 amide bonds. The molecule has 2 nitrogen and oxygen atoms in total. The molecule has 0 saturated carbocycles. The first-order chi connectivity index (χ1) is 5.79. The Morgan fingerprint density at radius 1 is 1.50 bits per heavy atom. The molecule has 0 spiro atoms. The molecule has 0 aliphatic carbocycles. The van der Waals surface area contributed by atoms with Crippen LogP contribution in [-0.2, 0) is 4.74 Å². The summed E-state index contributed by atoms with van der Waals surface area (Å²) in [6.07, 6.45) is -0.0984.